The zero-order valence-corrected chi connectivity index (χ0v) is 51.3. The summed E-state index contributed by atoms with van der Waals surface area (Å²) in [5.74, 6) is 4.51. The van der Waals surface area contributed by atoms with E-state index in [9.17, 15) is 34.2 Å². The summed E-state index contributed by atoms with van der Waals surface area (Å²) in [6, 6.07) is 18.1. The summed E-state index contributed by atoms with van der Waals surface area (Å²) in [7, 11) is 1.64. The molecular formula is C62H69FN12O8S3. The second-order valence-electron chi connectivity index (χ2n) is 22.8. The Hall–Kier alpha value is -7.95. The number of carboxylic acid groups (broad SMARTS) is 1. The monoisotopic (exact) mass is 1220 g/mol. The molecule has 10 rings (SSSR count). The Morgan fingerprint density at radius 2 is 1.72 bits per heavy atom. The second-order valence-corrected chi connectivity index (χ2v) is 25.7. The molecule has 3 aliphatic rings. The highest BCUT2D eigenvalue weighted by Crippen LogP contribution is 2.40. The third kappa shape index (κ3) is 14.1. The highest BCUT2D eigenvalue weighted by molar-refractivity contribution is 7.22. The average Bonchev–Trinajstić information content (AvgIpc) is 1.80. The number of aromatic nitrogens is 5. The van der Waals surface area contributed by atoms with Gasteiger partial charge in [0.1, 0.15) is 12.1 Å². The lowest BCUT2D eigenvalue weighted by atomic mass is 9.85. The van der Waals surface area contributed by atoms with Gasteiger partial charge in [0.25, 0.3) is 0 Å². The van der Waals surface area contributed by atoms with Gasteiger partial charge in [-0.15, -0.1) is 32.9 Å². The maximum Gasteiger partial charge on any atom is 0.355 e. The van der Waals surface area contributed by atoms with Crippen LogP contribution in [0.5, 0.6) is 5.75 Å². The molecule has 4 N–H and O–H groups in total. The van der Waals surface area contributed by atoms with Crippen LogP contribution >= 0.6 is 34.0 Å². The van der Waals surface area contributed by atoms with Gasteiger partial charge in [-0.05, 0) is 99.4 Å². The summed E-state index contributed by atoms with van der Waals surface area (Å²) in [6.45, 7) is 12.7. The zero-order chi connectivity index (χ0) is 60.8. The van der Waals surface area contributed by atoms with Crippen LogP contribution in [0.1, 0.15) is 97.0 Å². The molecule has 450 valence electrons. The smallest absolute Gasteiger partial charge is 0.355 e. The highest BCUT2D eigenvalue weighted by Gasteiger charge is 2.45. The number of anilines is 5. The Morgan fingerprint density at radius 1 is 0.942 bits per heavy atom. The van der Waals surface area contributed by atoms with Crippen molar-refractivity contribution in [3.8, 4) is 28.0 Å². The lowest BCUT2D eigenvalue weighted by Crippen LogP contribution is -2.58. The molecule has 7 heterocycles. The molecule has 0 bridgehead atoms. The number of amides is 4. The molecule has 24 heteroatoms. The summed E-state index contributed by atoms with van der Waals surface area (Å²) >= 11 is 4.37. The summed E-state index contributed by atoms with van der Waals surface area (Å²) in [5.41, 5.74) is 6.90. The third-order valence-corrected chi connectivity index (χ3v) is 18.7. The van der Waals surface area contributed by atoms with Crippen molar-refractivity contribution in [2.24, 2.45) is 5.41 Å². The number of para-hydroxylation sites is 1. The minimum absolute atomic E-state index is 0.0179. The van der Waals surface area contributed by atoms with Gasteiger partial charge in [-0.25, -0.2) is 24.1 Å². The standard InChI is InChI=1S/C62H69FN12O8S3/c1-37-43-14-11-27-74(56(43)70-69-55(37)68-60-65-45-15-7-8-16-48(45)85-60)61-67-52(59(81)82)49(86-61)17-12-32-83-47-25-20-39(33-44(47)63)13-10-26-72-28-30-73(31-29-72)51(78)19-9-18-50(77)66-54(62(3,4)5)58(80)75-35-42(76)34-46(75)57(79)71(6)41-23-21-40(22-24-41)53-38(2)64-36-84-53/h7-8,15-16,20-25,33,36,42,46,54,76H,9,11-12,14,17-19,26-32,34-35H2,1-6H3,(H,66,77)(H,81,82)(H,65,68,69)/t42-,46+,54-/m1/s1. The van der Waals surface area contributed by atoms with E-state index in [0.717, 1.165) is 55.5 Å². The van der Waals surface area contributed by atoms with Crippen molar-refractivity contribution in [3.63, 3.8) is 0 Å². The highest BCUT2D eigenvalue weighted by atomic mass is 32.1. The summed E-state index contributed by atoms with van der Waals surface area (Å²) in [4.78, 5) is 91.1. The fourth-order valence-corrected chi connectivity index (χ4v) is 13.7. The number of likely N-dealkylation sites (N-methyl/N-ethyl adjacent to an activating group) is 1. The van der Waals surface area contributed by atoms with E-state index in [2.05, 4.69) is 52.5 Å². The first-order valence-corrected chi connectivity index (χ1v) is 31.3. The van der Waals surface area contributed by atoms with Crippen molar-refractivity contribution in [1.82, 2.24) is 45.2 Å². The lowest BCUT2D eigenvalue weighted by Gasteiger charge is -2.36. The molecule has 4 aromatic heterocycles. The molecule has 3 atom stereocenters. The molecule has 0 unspecified atom stereocenters. The number of aliphatic hydroxyl groups is 1. The van der Waals surface area contributed by atoms with Gasteiger partial charge in [-0.2, -0.15) is 0 Å². The number of likely N-dealkylation sites (tertiary alicyclic amines) is 1. The minimum atomic E-state index is -1.13. The molecule has 86 heavy (non-hydrogen) atoms. The largest absolute Gasteiger partial charge is 0.491 e. The van der Waals surface area contributed by atoms with Crippen LogP contribution in [0.2, 0.25) is 0 Å². The van der Waals surface area contributed by atoms with Crippen LogP contribution in [-0.4, -0.2) is 157 Å². The SMILES string of the molecule is Cc1ncsc1-c1ccc(N(C)C(=O)[C@@H]2C[C@@H](O)CN2C(=O)[C@@H](NC(=O)CCCC(=O)N2CCN(CC#Cc3ccc(OCCCc4sc(N5CCCc6c5nnc(Nc5nc7ccccc7s5)c6C)nc4C(=O)O)c(F)c3)CC2)C(C)(C)C)cc1. The van der Waals surface area contributed by atoms with Crippen molar-refractivity contribution < 1.29 is 43.3 Å². The minimum Gasteiger partial charge on any atom is -0.491 e. The molecule has 3 aliphatic heterocycles. The molecule has 3 aromatic carbocycles. The number of carbonyl (C=O) groups excluding carboxylic acids is 4. The number of halogens is 1. The van der Waals surface area contributed by atoms with E-state index in [1.165, 1.54) is 55.9 Å². The van der Waals surface area contributed by atoms with Gasteiger partial charge in [0.2, 0.25) is 23.6 Å². The number of β-amino-alcohol motifs (C(OH)–C–C–N with tert-alkyl or cyclic N) is 1. The van der Waals surface area contributed by atoms with Crippen LogP contribution in [0.25, 0.3) is 20.7 Å². The number of aliphatic hydroxyl groups excluding tert-OH is 1. The molecule has 2 saturated heterocycles. The Labute approximate surface area is 510 Å². The topological polar surface area (TPSA) is 240 Å². The number of carbonyl (C=O) groups is 5. The number of fused-ring (bicyclic) bond motifs is 2. The van der Waals surface area contributed by atoms with E-state index in [0.29, 0.717) is 85.0 Å². The Morgan fingerprint density at radius 3 is 2.44 bits per heavy atom. The van der Waals surface area contributed by atoms with Crippen molar-refractivity contribution in [2.45, 2.75) is 104 Å². The first-order chi connectivity index (χ1) is 41.3. The summed E-state index contributed by atoms with van der Waals surface area (Å²) in [6.07, 6.45) is 1.98. The number of nitrogens with one attached hydrogen (secondary N) is 2. The average molecular weight is 1230 g/mol. The van der Waals surface area contributed by atoms with Gasteiger partial charge in [0.15, 0.2) is 39.2 Å². The number of carboxylic acids is 1. The van der Waals surface area contributed by atoms with Gasteiger partial charge in [0, 0.05) is 92.8 Å². The van der Waals surface area contributed by atoms with E-state index in [-0.39, 0.29) is 68.0 Å². The van der Waals surface area contributed by atoms with E-state index >= 15 is 4.39 Å². The van der Waals surface area contributed by atoms with Gasteiger partial charge >= 0.3 is 5.97 Å². The molecule has 0 saturated carbocycles. The van der Waals surface area contributed by atoms with Crippen LogP contribution in [-0.2, 0) is 32.0 Å². The number of hydrogen-bond donors (Lipinski definition) is 4. The van der Waals surface area contributed by atoms with E-state index in [1.807, 2.05) is 88.0 Å². The Bertz CT molecular complexity index is 3680. The quantitative estimate of drug-likeness (QED) is 0.0437. The van der Waals surface area contributed by atoms with Gasteiger partial charge in [-0.1, -0.05) is 68.2 Å². The van der Waals surface area contributed by atoms with Gasteiger partial charge in [-0.3, -0.25) is 24.1 Å². The predicted molar refractivity (Wildman–Crippen MR) is 331 cm³/mol. The van der Waals surface area contributed by atoms with Crippen LogP contribution in [0.4, 0.5) is 32.0 Å². The maximum atomic E-state index is 15.3. The molecule has 7 aromatic rings. The summed E-state index contributed by atoms with van der Waals surface area (Å²) in [5, 5.41) is 37.5. The van der Waals surface area contributed by atoms with Crippen molar-refractivity contribution in [3.05, 3.63) is 111 Å². The van der Waals surface area contributed by atoms with Crippen molar-refractivity contribution in [2.75, 3.05) is 74.6 Å². The number of ether oxygens (including phenoxy) is 1. The van der Waals surface area contributed by atoms with Gasteiger partial charge < -0.3 is 45.2 Å². The predicted octanol–water partition coefficient (Wildman–Crippen LogP) is 8.78. The molecular weight excluding hydrogens is 1160 g/mol. The Kier molecular flexibility index (Phi) is 19.0. The zero-order valence-electron chi connectivity index (χ0n) is 48.9. The Balaban J connectivity index is 0.641. The number of piperazine rings is 1. The molecule has 0 radical (unpaired) electrons. The molecule has 20 nitrogen and oxygen atoms in total. The van der Waals surface area contributed by atoms with E-state index in [1.54, 1.807) is 23.5 Å². The second kappa shape index (κ2) is 26.8. The lowest BCUT2D eigenvalue weighted by molar-refractivity contribution is -0.143. The molecule has 0 spiro atoms. The van der Waals surface area contributed by atoms with Crippen molar-refractivity contribution in [1.29, 1.82) is 0 Å². The van der Waals surface area contributed by atoms with E-state index < -0.39 is 41.3 Å². The first kappa shape index (κ1) is 61.1. The number of aromatic carboxylic acids is 1. The first-order valence-electron chi connectivity index (χ1n) is 28.8. The molecule has 2 fully saturated rings. The maximum absolute atomic E-state index is 15.3. The van der Waals surface area contributed by atoms with Crippen LogP contribution in [0, 0.1) is 36.9 Å². The normalized spacial score (nSPS) is 16.5. The summed E-state index contributed by atoms with van der Waals surface area (Å²) < 4.78 is 22.2. The number of thiazole rings is 3. The fourth-order valence-electron chi connectivity index (χ4n) is 10.9. The molecule has 4 amide bonds. The number of rotatable bonds is 19. The third-order valence-electron chi connectivity index (χ3n) is 15.7. The number of benzene rings is 3. The number of hydrogen-bond acceptors (Lipinski definition) is 18. The fraction of sp³-hybridized carbons (Fsp3) is 0.419. The number of nitrogens with zero attached hydrogens (tertiary/aromatic N) is 10. The van der Waals surface area contributed by atoms with Crippen LogP contribution in [0.15, 0.2) is 72.2 Å². The van der Waals surface area contributed by atoms with Gasteiger partial charge in [0.05, 0.1) is 45.6 Å². The number of aryl methyl sites for hydroxylation is 2. The van der Waals surface area contributed by atoms with Crippen LogP contribution in [0.3, 0.4) is 0 Å². The molecule has 0 aliphatic carbocycles. The van der Waals surface area contributed by atoms with Crippen LogP contribution < -0.4 is 25.2 Å². The van der Waals surface area contributed by atoms with Crippen molar-refractivity contribution >= 4 is 101 Å². The van der Waals surface area contributed by atoms with E-state index in [4.69, 9.17) is 4.74 Å².